The molecule has 0 atom stereocenters. The van der Waals surface area contributed by atoms with E-state index in [0.717, 1.165) is 5.69 Å². The quantitative estimate of drug-likeness (QED) is 0.870. The number of aromatic nitrogens is 1. The number of hydrogen-bond acceptors (Lipinski definition) is 3. The number of halogens is 2. The molecule has 0 aliphatic heterocycles. The Morgan fingerprint density at radius 2 is 2.00 bits per heavy atom. The van der Waals surface area contributed by atoms with E-state index in [0.29, 0.717) is 34.1 Å². The van der Waals surface area contributed by atoms with Crippen LogP contribution >= 0.6 is 23.2 Å². The Bertz CT molecular complexity index is 588. The van der Waals surface area contributed by atoms with Crippen LogP contribution in [-0.4, -0.2) is 11.0 Å². The van der Waals surface area contributed by atoms with E-state index in [9.17, 15) is 0 Å². The molecule has 5 heteroatoms. The molecule has 1 heterocycles. The minimum Gasteiger partial charge on any atom is -0.456 e. The van der Waals surface area contributed by atoms with Crippen LogP contribution in [0.2, 0.25) is 10.0 Å². The fraction of sp³-hybridized carbons (Fsp3) is 0.267. The third kappa shape index (κ3) is 4.37. The van der Waals surface area contributed by atoms with Gasteiger partial charge in [0.25, 0.3) is 0 Å². The second-order valence-electron chi connectivity index (χ2n) is 4.70. The first-order valence-electron chi connectivity index (χ1n) is 6.36. The molecule has 0 aliphatic carbocycles. The summed E-state index contributed by atoms with van der Waals surface area (Å²) in [6, 6.07) is 9.24. The highest BCUT2D eigenvalue weighted by molar-refractivity contribution is 6.35. The highest BCUT2D eigenvalue weighted by Crippen LogP contribution is 2.31. The van der Waals surface area contributed by atoms with E-state index in [1.54, 1.807) is 30.5 Å². The topological polar surface area (TPSA) is 34.1 Å². The van der Waals surface area contributed by atoms with Crippen molar-refractivity contribution < 1.29 is 4.74 Å². The molecule has 0 spiro atoms. The van der Waals surface area contributed by atoms with Crippen molar-refractivity contribution in [3.05, 3.63) is 52.3 Å². The highest BCUT2D eigenvalue weighted by atomic mass is 35.5. The van der Waals surface area contributed by atoms with Crippen molar-refractivity contribution in [3.63, 3.8) is 0 Å². The molecular weight excluding hydrogens is 295 g/mol. The number of hydrogen-bond donors (Lipinski definition) is 1. The normalized spacial score (nSPS) is 10.8. The molecule has 0 bridgehead atoms. The van der Waals surface area contributed by atoms with E-state index in [-0.39, 0.29) is 0 Å². The van der Waals surface area contributed by atoms with Crippen LogP contribution in [0.4, 0.5) is 0 Å². The predicted octanol–water partition coefficient (Wildman–Crippen LogP) is 4.68. The molecule has 20 heavy (non-hydrogen) atoms. The molecule has 0 saturated heterocycles. The van der Waals surface area contributed by atoms with Crippen LogP contribution in [-0.2, 0) is 6.54 Å². The molecule has 2 aromatic rings. The van der Waals surface area contributed by atoms with Crippen LogP contribution in [0.1, 0.15) is 19.5 Å². The van der Waals surface area contributed by atoms with Crippen molar-refractivity contribution in [2.24, 2.45) is 0 Å². The standard InChI is InChI=1S/C15H16Cl2N2O/c1-10(2)19-9-12-8-13(5-6-18-12)20-15-4-3-11(16)7-14(15)17/h3-8,10,19H,9H2,1-2H3. The number of nitrogens with one attached hydrogen (secondary N) is 1. The minimum absolute atomic E-state index is 0.409. The van der Waals surface area contributed by atoms with Crippen LogP contribution < -0.4 is 10.1 Å². The first-order chi connectivity index (χ1) is 9.54. The SMILES string of the molecule is CC(C)NCc1cc(Oc2ccc(Cl)cc2Cl)ccn1. The smallest absolute Gasteiger partial charge is 0.146 e. The first kappa shape index (κ1) is 15.1. The lowest BCUT2D eigenvalue weighted by Crippen LogP contribution is -2.22. The van der Waals surface area contributed by atoms with E-state index in [1.165, 1.54) is 0 Å². The van der Waals surface area contributed by atoms with Gasteiger partial charge in [-0.25, -0.2) is 0 Å². The molecule has 3 nitrogen and oxygen atoms in total. The molecule has 106 valence electrons. The zero-order chi connectivity index (χ0) is 14.5. The monoisotopic (exact) mass is 310 g/mol. The van der Waals surface area contributed by atoms with Crippen LogP contribution in [0.5, 0.6) is 11.5 Å². The number of nitrogens with zero attached hydrogens (tertiary/aromatic N) is 1. The number of rotatable bonds is 5. The lowest BCUT2D eigenvalue weighted by atomic mass is 10.3. The van der Waals surface area contributed by atoms with Crippen molar-refractivity contribution in [1.82, 2.24) is 10.3 Å². The van der Waals surface area contributed by atoms with E-state index in [1.807, 2.05) is 6.07 Å². The van der Waals surface area contributed by atoms with Gasteiger partial charge in [0.2, 0.25) is 0 Å². The Hall–Kier alpha value is -1.29. The van der Waals surface area contributed by atoms with Crippen molar-refractivity contribution in [2.75, 3.05) is 0 Å². The number of benzene rings is 1. The van der Waals surface area contributed by atoms with Gasteiger partial charge in [0.1, 0.15) is 11.5 Å². The average molecular weight is 311 g/mol. The Labute approximate surface area is 128 Å². The first-order valence-corrected chi connectivity index (χ1v) is 7.11. The summed E-state index contributed by atoms with van der Waals surface area (Å²) in [4.78, 5) is 4.29. The molecule has 2 rings (SSSR count). The fourth-order valence-electron chi connectivity index (χ4n) is 1.61. The molecule has 0 saturated carbocycles. The molecule has 0 aliphatic rings. The minimum atomic E-state index is 0.409. The average Bonchev–Trinajstić information content (AvgIpc) is 2.40. The maximum atomic E-state index is 6.08. The Morgan fingerprint density at radius 3 is 2.70 bits per heavy atom. The zero-order valence-corrected chi connectivity index (χ0v) is 12.9. The summed E-state index contributed by atoms with van der Waals surface area (Å²) in [5.74, 6) is 1.27. The van der Waals surface area contributed by atoms with Crippen LogP contribution in [0.25, 0.3) is 0 Å². The summed E-state index contributed by atoms with van der Waals surface area (Å²) in [5, 5.41) is 4.38. The second kappa shape index (κ2) is 6.93. The van der Waals surface area contributed by atoms with E-state index < -0.39 is 0 Å². The van der Waals surface area contributed by atoms with Gasteiger partial charge in [-0.15, -0.1) is 0 Å². The highest BCUT2D eigenvalue weighted by Gasteiger charge is 2.05. The maximum Gasteiger partial charge on any atom is 0.146 e. The fourth-order valence-corrected chi connectivity index (χ4v) is 2.06. The van der Waals surface area contributed by atoms with Crippen molar-refractivity contribution >= 4 is 23.2 Å². The lowest BCUT2D eigenvalue weighted by molar-refractivity contribution is 0.479. The summed E-state index contributed by atoms with van der Waals surface area (Å²) in [7, 11) is 0. The number of ether oxygens (including phenoxy) is 1. The van der Waals surface area contributed by atoms with E-state index in [2.05, 4.69) is 24.1 Å². The van der Waals surface area contributed by atoms with Crippen molar-refractivity contribution in [1.29, 1.82) is 0 Å². The van der Waals surface area contributed by atoms with Gasteiger partial charge in [-0.3, -0.25) is 4.98 Å². The third-order valence-corrected chi connectivity index (χ3v) is 3.13. The van der Waals surface area contributed by atoms with Crippen LogP contribution in [0.15, 0.2) is 36.5 Å². The van der Waals surface area contributed by atoms with E-state index in [4.69, 9.17) is 27.9 Å². The molecular formula is C15H16Cl2N2O. The lowest BCUT2D eigenvalue weighted by Gasteiger charge is -2.10. The van der Waals surface area contributed by atoms with Gasteiger partial charge in [-0.2, -0.15) is 0 Å². The molecule has 0 radical (unpaired) electrons. The van der Waals surface area contributed by atoms with Gasteiger partial charge in [0, 0.05) is 29.9 Å². The number of pyridine rings is 1. The molecule has 0 unspecified atom stereocenters. The molecule has 0 amide bonds. The molecule has 0 fully saturated rings. The second-order valence-corrected chi connectivity index (χ2v) is 5.54. The maximum absolute atomic E-state index is 6.08. The van der Waals surface area contributed by atoms with Crippen molar-refractivity contribution in [2.45, 2.75) is 26.4 Å². The summed E-state index contributed by atoms with van der Waals surface area (Å²) < 4.78 is 5.75. The Kier molecular flexibility index (Phi) is 5.24. The Balaban J connectivity index is 2.11. The molecule has 1 aromatic heterocycles. The van der Waals surface area contributed by atoms with E-state index >= 15 is 0 Å². The van der Waals surface area contributed by atoms with Gasteiger partial charge < -0.3 is 10.1 Å². The zero-order valence-electron chi connectivity index (χ0n) is 11.4. The summed E-state index contributed by atoms with van der Waals surface area (Å²) >= 11 is 11.9. The third-order valence-electron chi connectivity index (χ3n) is 2.60. The summed E-state index contributed by atoms with van der Waals surface area (Å²) in [6.45, 7) is 4.88. The Morgan fingerprint density at radius 1 is 1.20 bits per heavy atom. The summed E-state index contributed by atoms with van der Waals surface area (Å²) in [6.07, 6.45) is 1.72. The van der Waals surface area contributed by atoms with Gasteiger partial charge in [0.05, 0.1) is 10.7 Å². The van der Waals surface area contributed by atoms with Crippen LogP contribution in [0, 0.1) is 0 Å². The van der Waals surface area contributed by atoms with Gasteiger partial charge in [0.15, 0.2) is 0 Å². The molecule has 1 aromatic carbocycles. The molecule has 1 N–H and O–H groups in total. The van der Waals surface area contributed by atoms with Crippen LogP contribution in [0.3, 0.4) is 0 Å². The summed E-state index contributed by atoms with van der Waals surface area (Å²) in [5.41, 5.74) is 0.918. The predicted molar refractivity (Wildman–Crippen MR) is 82.7 cm³/mol. The van der Waals surface area contributed by atoms with Gasteiger partial charge in [-0.1, -0.05) is 37.0 Å². The largest absolute Gasteiger partial charge is 0.456 e. The van der Waals surface area contributed by atoms with Crippen molar-refractivity contribution in [3.8, 4) is 11.5 Å². The van der Waals surface area contributed by atoms with Gasteiger partial charge >= 0.3 is 0 Å². The van der Waals surface area contributed by atoms with Gasteiger partial charge in [-0.05, 0) is 24.3 Å².